The van der Waals surface area contributed by atoms with Gasteiger partial charge in [0.15, 0.2) is 0 Å². The van der Waals surface area contributed by atoms with Crippen LogP contribution in [0.25, 0.3) is 11.1 Å². The van der Waals surface area contributed by atoms with Crippen LogP contribution >= 0.6 is 0 Å². The Kier molecular flexibility index (Phi) is 4.41. The Labute approximate surface area is 131 Å². The average Bonchev–Trinajstić information content (AvgIpc) is 2.54. The van der Waals surface area contributed by atoms with Crippen molar-refractivity contribution in [1.82, 2.24) is 4.98 Å². The van der Waals surface area contributed by atoms with E-state index in [2.05, 4.69) is 41.9 Å². The highest BCUT2D eigenvalue weighted by molar-refractivity contribution is 5.70. The molecule has 4 heteroatoms. The topological polar surface area (TPSA) is 51.4 Å². The van der Waals surface area contributed by atoms with Crippen molar-refractivity contribution in [3.05, 3.63) is 48.3 Å². The maximum Gasteiger partial charge on any atom is 0.0726 e. The molecule has 3 rings (SSSR count). The third-order valence-electron chi connectivity index (χ3n) is 4.08. The number of anilines is 1. The first-order chi connectivity index (χ1) is 10.7. The van der Waals surface area contributed by atoms with Crippen LogP contribution in [0.15, 0.2) is 42.7 Å². The summed E-state index contributed by atoms with van der Waals surface area (Å²) < 4.78 is 5.81. The van der Waals surface area contributed by atoms with E-state index in [1.807, 2.05) is 24.5 Å². The Morgan fingerprint density at radius 2 is 1.82 bits per heavy atom. The summed E-state index contributed by atoms with van der Waals surface area (Å²) in [6.45, 7) is 6.61. The molecule has 2 aromatic rings. The molecule has 0 bridgehead atoms. The summed E-state index contributed by atoms with van der Waals surface area (Å²) in [5.41, 5.74) is 10.7. The predicted octanol–water partition coefficient (Wildman–Crippen LogP) is 2.82. The number of benzene rings is 1. The molecular formula is C18H23N3O. The molecule has 0 saturated carbocycles. The van der Waals surface area contributed by atoms with Crippen LogP contribution in [0.3, 0.4) is 0 Å². The molecule has 1 fully saturated rings. The molecule has 1 saturated heterocycles. The average molecular weight is 297 g/mol. The van der Waals surface area contributed by atoms with Gasteiger partial charge in [0.25, 0.3) is 0 Å². The molecule has 2 N–H and O–H groups in total. The summed E-state index contributed by atoms with van der Waals surface area (Å²) >= 11 is 0. The van der Waals surface area contributed by atoms with Crippen LogP contribution in [0.1, 0.15) is 19.4 Å². The minimum Gasteiger partial charge on any atom is -0.372 e. The highest BCUT2D eigenvalue weighted by atomic mass is 16.5. The van der Waals surface area contributed by atoms with Gasteiger partial charge in [0.2, 0.25) is 0 Å². The molecule has 1 aromatic heterocycles. The molecule has 0 amide bonds. The zero-order valence-corrected chi connectivity index (χ0v) is 13.2. The van der Waals surface area contributed by atoms with Gasteiger partial charge in [-0.1, -0.05) is 6.07 Å². The first-order valence-corrected chi connectivity index (χ1v) is 7.81. The number of hydrogen-bond acceptors (Lipinski definition) is 4. The second-order valence-corrected chi connectivity index (χ2v) is 5.94. The fourth-order valence-electron chi connectivity index (χ4n) is 3.15. The number of aromatic nitrogens is 1. The summed E-state index contributed by atoms with van der Waals surface area (Å²) in [6.07, 6.45) is 4.14. The van der Waals surface area contributed by atoms with Crippen LogP contribution in [0.2, 0.25) is 0 Å². The quantitative estimate of drug-likeness (QED) is 0.946. The number of morpholine rings is 1. The molecule has 1 aliphatic rings. The monoisotopic (exact) mass is 297 g/mol. The van der Waals surface area contributed by atoms with Crippen molar-refractivity contribution >= 4 is 5.69 Å². The predicted molar refractivity (Wildman–Crippen MR) is 89.8 cm³/mol. The van der Waals surface area contributed by atoms with Crippen LogP contribution in [0.5, 0.6) is 0 Å². The number of ether oxygens (including phenoxy) is 1. The maximum atomic E-state index is 5.98. The van der Waals surface area contributed by atoms with Gasteiger partial charge in [-0.2, -0.15) is 0 Å². The Morgan fingerprint density at radius 1 is 1.14 bits per heavy atom. The molecule has 0 unspecified atom stereocenters. The highest BCUT2D eigenvalue weighted by Gasteiger charge is 2.22. The van der Waals surface area contributed by atoms with E-state index >= 15 is 0 Å². The normalized spacial score (nSPS) is 21.9. The van der Waals surface area contributed by atoms with Crippen LogP contribution in [-0.4, -0.2) is 30.3 Å². The fraction of sp³-hybridized carbons (Fsp3) is 0.389. The van der Waals surface area contributed by atoms with Crippen molar-refractivity contribution in [1.29, 1.82) is 0 Å². The first-order valence-electron chi connectivity index (χ1n) is 7.81. The van der Waals surface area contributed by atoms with Crippen molar-refractivity contribution in [3.63, 3.8) is 0 Å². The maximum absolute atomic E-state index is 5.98. The van der Waals surface area contributed by atoms with Crippen LogP contribution in [0, 0.1) is 0 Å². The summed E-state index contributed by atoms with van der Waals surface area (Å²) in [4.78, 5) is 6.46. The van der Waals surface area contributed by atoms with E-state index in [0.717, 1.165) is 24.2 Å². The lowest BCUT2D eigenvalue weighted by Gasteiger charge is -2.37. The third kappa shape index (κ3) is 3.13. The lowest BCUT2D eigenvalue weighted by molar-refractivity contribution is -0.00521. The van der Waals surface area contributed by atoms with Gasteiger partial charge in [-0.25, -0.2) is 0 Å². The fourth-order valence-corrected chi connectivity index (χ4v) is 3.15. The SMILES string of the molecule is C[C@@H]1CN(c2ccc(-c3ccncc3)c(CN)c2)C[C@H](C)O1. The summed E-state index contributed by atoms with van der Waals surface area (Å²) in [5, 5.41) is 0. The highest BCUT2D eigenvalue weighted by Crippen LogP contribution is 2.29. The van der Waals surface area contributed by atoms with E-state index in [1.165, 1.54) is 11.3 Å². The van der Waals surface area contributed by atoms with Crippen LogP contribution < -0.4 is 10.6 Å². The van der Waals surface area contributed by atoms with Crippen molar-refractivity contribution in [2.45, 2.75) is 32.6 Å². The van der Waals surface area contributed by atoms with E-state index < -0.39 is 0 Å². The second kappa shape index (κ2) is 6.46. The molecule has 1 aromatic carbocycles. The number of rotatable bonds is 3. The summed E-state index contributed by atoms with van der Waals surface area (Å²) in [7, 11) is 0. The van der Waals surface area contributed by atoms with Crippen molar-refractivity contribution < 1.29 is 4.74 Å². The van der Waals surface area contributed by atoms with Gasteiger partial charge in [0.1, 0.15) is 0 Å². The molecule has 0 aliphatic carbocycles. The Hall–Kier alpha value is -1.91. The molecule has 22 heavy (non-hydrogen) atoms. The van der Waals surface area contributed by atoms with E-state index in [4.69, 9.17) is 10.5 Å². The molecule has 1 aliphatic heterocycles. The number of nitrogens with zero attached hydrogens (tertiary/aromatic N) is 2. The molecule has 4 nitrogen and oxygen atoms in total. The van der Waals surface area contributed by atoms with Crippen molar-refractivity contribution in [2.24, 2.45) is 5.73 Å². The zero-order chi connectivity index (χ0) is 15.5. The smallest absolute Gasteiger partial charge is 0.0726 e. The van der Waals surface area contributed by atoms with Gasteiger partial charge >= 0.3 is 0 Å². The Balaban J connectivity index is 1.92. The first kappa shape index (κ1) is 15.0. The van der Waals surface area contributed by atoms with Gasteiger partial charge in [-0.05, 0) is 54.8 Å². The summed E-state index contributed by atoms with van der Waals surface area (Å²) in [5.74, 6) is 0. The van der Waals surface area contributed by atoms with Gasteiger partial charge < -0.3 is 15.4 Å². The van der Waals surface area contributed by atoms with Crippen LogP contribution in [-0.2, 0) is 11.3 Å². The van der Waals surface area contributed by atoms with E-state index in [0.29, 0.717) is 6.54 Å². The molecule has 2 atom stereocenters. The third-order valence-corrected chi connectivity index (χ3v) is 4.08. The zero-order valence-electron chi connectivity index (χ0n) is 13.2. The standard InChI is InChI=1S/C18H23N3O/c1-13-11-21(12-14(2)22-13)17-3-4-18(16(9-17)10-19)15-5-7-20-8-6-15/h3-9,13-14H,10-12,19H2,1-2H3/t13-,14+. The lowest BCUT2D eigenvalue weighted by Crippen LogP contribution is -2.45. The van der Waals surface area contributed by atoms with Gasteiger partial charge in [-0.15, -0.1) is 0 Å². The minimum atomic E-state index is 0.255. The van der Waals surface area contributed by atoms with Crippen LogP contribution in [0.4, 0.5) is 5.69 Å². The van der Waals surface area contributed by atoms with E-state index in [1.54, 1.807) is 0 Å². The minimum absolute atomic E-state index is 0.255. The second-order valence-electron chi connectivity index (χ2n) is 5.94. The largest absolute Gasteiger partial charge is 0.372 e. The van der Waals surface area contributed by atoms with Gasteiger partial charge in [0, 0.05) is 37.7 Å². The van der Waals surface area contributed by atoms with Crippen molar-refractivity contribution in [2.75, 3.05) is 18.0 Å². The molecule has 116 valence electrons. The molecule has 0 radical (unpaired) electrons. The Bertz CT molecular complexity index is 619. The Morgan fingerprint density at radius 3 is 2.45 bits per heavy atom. The number of nitrogens with two attached hydrogens (primary N) is 1. The molecule has 0 spiro atoms. The number of hydrogen-bond donors (Lipinski definition) is 1. The summed E-state index contributed by atoms with van der Waals surface area (Å²) in [6, 6.07) is 10.6. The van der Waals surface area contributed by atoms with Gasteiger partial charge in [-0.3, -0.25) is 4.98 Å². The molecular weight excluding hydrogens is 274 g/mol. The van der Waals surface area contributed by atoms with E-state index in [9.17, 15) is 0 Å². The van der Waals surface area contributed by atoms with E-state index in [-0.39, 0.29) is 12.2 Å². The van der Waals surface area contributed by atoms with Crippen molar-refractivity contribution in [3.8, 4) is 11.1 Å². The molecule has 2 heterocycles. The van der Waals surface area contributed by atoms with Gasteiger partial charge in [0.05, 0.1) is 12.2 Å². The number of pyridine rings is 1. The lowest BCUT2D eigenvalue weighted by atomic mass is 9.99.